The van der Waals surface area contributed by atoms with E-state index in [0.717, 1.165) is 10.2 Å². The Morgan fingerprint density at radius 3 is 2.61 bits per heavy atom. The molecule has 0 unspecified atom stereocenters. The number of fused-ring (bicyclic) bond motifs is 1. The van der Waals surface area contributed by atoms with Crippen LogP contribution in [0, 0.1) is 12.8 Å². The summed E-state index contributed by atoms with van der Waals surface area (Å²) >= 11 is 3.38. The molecule has 1 saturated heterocycles. The van der Waals surface area contributed by atoms with Crippen LogP contribution in [0.25, 0.3) is 5.65 Å². The number of benzene rings is 1. The lowest BCUT2D eigenvalue weighted by molar-refractivity contribution is -0.121. The fraction of sp³-hybridized carbons (Fsp3) is 0.300. The minimum Gasteiger partial charge on any atom is -0.338 e. The van der Waals surface area contributed by atoms with Crippen molar-refractivity contribution in [1.82, 2.24) is 19.5 Å². The third-order valence-corrected chi connectivity index (χ3v) is 5.58. The predicted molar refractivity (Wildman–Crippen MR) is 109 cm³/mol. The van der Waals surface area contributed by atoms with Crippen LogP contribution in [0.15, 0.2) is 47.2 Å². The van der Waals surface area contributed by atoms with Gasteiger partial charge in [0.1, 0.15) is 5.56 Å². The van der Waals surface area contributed by atoms with Gasteiger partial charge in [-0.2, -0.15) is 5.10 Å². The van der Waals surface area contributed by atoms with Gasteiger partial charge in [0.2, 0.25) is 5.91 Å². The molecule has 144 valence electrons. The van der Waals surface area contributed by atoms with Crippen LogP contribution in [0.2, 0.25) is 0 Å². The SMILES string of the molecule is Cc1nn2cccnc2c1C(=O)N1CCC(C(=O)Nc2ccc(Br)cc2)CC1. The van der Waals surface area contributed by atoms with E-state index in [4.69, 9.17) is 0 Å². The molecule has 2 aromatic heterocycles. The molecule has 1 N–H and O–H groups in total. The van der Waals surface area contributed by atoms with Crippen LogP contribution >= 0.6 is 15.9 Å². The van der Waals surface area contributed by atoms with Crippen LogP contribution in [0.3, 0.4) is 0 Å². The van der Waals surface area contributed by atoms with Crippen LogP contribution in [0.5, 0.6) is 0 Å². The molecule has 1 aromatic carbocycles. The number of anilines is 1. The molecular formula is C20H20BrN5O2. The molecule has 0 saturated carbocycles. The number of likely N-dealkylation sites (tertiary alicyclic amines) is 1. The zero-order chi connectivity index (χ0) is 19.7. The van der Waals surface area contributed by atoms with Crippen LogP contribution in [-0.2, 0) is 4.79 Å². The summed E-state index contributed by atoms with van der Waals surface area (Å²) in [6, 6.07) is 9.29. The zero-order valence-corrected chi connectivity index (χ0v) is 17.0. The van der Waals surface area contributed by atoms with Crippen molar-refractivity contribution < 1.29 is 9.59 Å². The van der Waals surface area contributed by atoms with Crippen LogP contribution in [-0.4, -0.2) is 44.4 Å². The molecule has 1 aliphatic rings. The number of carbonyl (C=O) groups is 2. The molecule has 0 radical (unpaired) electrons. The second kappa shape index (κ2) is 7.71. The molecule has 1 aliphatic heterocycles. The Morgan fingerprint density at radius 1 is 1.18 bits per heavy atom. The molecule has 0 bridgehead atoms. The Kier molecular flexibility index (Phi) is 5.13. The molecule has 2 amide bonds. The van der Waals surface area contributed by atoms with Crippen molar-refractivity contribution in [3.05, 3.63) is 58.5 Å². The molecule has 1 fully saturated rings. The first-order valence-electron chi connectivity index (χ1n) is 9.18. The maximum Gasteiger partial charge on any atom is 0.259 e. The van der Waals surface area contributed by atoms with E-state index < -0.39 is 0 Å². The molecule has 7 nitrogen and oxygen atoms in total. The van der Waals surface area contributed by atoms with Crippen molar-refractivity contribution in [3.8, 4) is 0 Å². The van der Waals surface area contributed by atoms with Crippen molar-refractivity contribution in [2.75, 3.05) is 18.4 Å². The van der Waals surface area contributed by atoms with E-state index in [-0.39, 0.29) is 17.7 Å². The Labute approximate surface area is 170 Å². The van der Waals surface area contributed by atoms with Gasteiger partial charge < -0.3 is 10.2 Å². The maximum absolute atomic E-state index is 13.0. The molecule has 4 rings (SSSR count). The highest BCUT2D eigenvalue weighted by Crippen LogP contribution is 2.23. The summed E-state index contributed by atoms with van der Waals surface area (Å²) in [6.07, 6.45) is 4.72. The van der Waals surface area contributed by atoms with Crippen molar-refractivity contribution in [2.45, 2.75) is 19.8 Å². The number of piperidine rings is 1. The number of hydrogen-bond donors (Lipinski definition) is 1. The van der Waals surface area contributed by atoms with Gasteiger partial charge in [0.15, 0.2) is 5.65 Å². The fourth-order valence-electron chi connectivity index (χ4n) is 3.53. The average molecular weight is 442 g/mol. The van der Waals surface area contributed by atoms with E-state index in [0.29, 0.717) is 42.8 Å². The van der Waals surface area contributed by atoms with Gasteiger partial charge in [-0.15, -0.1) is 0 Å². The Morgan fingerprint density at radius 2 is 1.89 bits per heavy atom. The Hall–Kier alpha value is -2.74. The van der Waals surface area contributed by atoms with E-state index in [1.165, 1.54) is 0 Å². The van der Waals surface area contributed by atoms with E-state index in [1.54, 1.807) is 27.9 Å². The molecule has 0 aliphatic carbocycles. The lowest BCUT2D eigenvalue weighted by Gasteiger charge is -2.31. The van der Waals surface area contributed by atoms with Gasteiger partial charge in [0, 0.05) is 41.6 Å². The van der Waals surface area contributed by atoms with E-state index in [1.807, 2.05) is 31.2 Å². The number of rotatable bonds is 3. The van der Waals surface area contributed by atoms with Gasteiger partial charge in [-0.05, 0) is 50.1 Å². The number of halogens is 1. The predicted octanol–water partition coefficient (Wildman–Crippen LogP) is 3.29. The maximum atomic E-state index is 13.0. The van der Waals surface area contributed by atoms with Crippen LogP contribution in [0.1, 0.15) is 28.9 Å². The summed E-state index contributed by atoms with van der Waals surface area (Å²) in [7, 11) is 0. The van der Waals surface area contributed by atoms with Gasteiger partial charge in [-0.25, -0.2) is 9.50 Å². The van der Waals surface area contributed by atoms with E-state index >= 15 is 0 Å². The fourth-order valence-corrected chi connectivity index (χ4v) is 3.79. The van der Waals surface area contributed by atoms with Crippen LogP contribution < -0.4 is 5.32 Å². The normalized spacial score (nSPS) is 15.0. The van der Waals surface area contributed by atoms with E-state index in [9.17, 15) is 9.59 Å². The summed E-state index contributed by atoms with van der Waals surface area (Å²) in [5, 5.41) is 7.32. The van der Waals surface area contributed by atoms with Crippen molar-refractivity contribution >= 4 is 39.1 Å². The van der Waals surface area contributed by atoms with Gasteiger partial charge >= 0.3 is 0 Å². The van der Waals surface area contributed by atoms with Crippen LogP contribution in [0.4, 0.5) is 5.69 Å². The molecule has 3 aromatic rings. The third kappa shape index (κ3) is 3.64. The minimum absolute atomic E-state index is 0.00301. The quantitative estimate of drug-likeness (QED) is 0.675. The highest BCUT2D eigenvalue weighted by Gasteiger charge is 2.30. The number of nitrogens with zero attached hydrogens (tertiary/aromatic N) is 4. The van der Waals surface area contributed by atoms with Gasteiger partial charge in [-0.3, -0.25) is 9.59 Å². The topological polar surface area (TPSA) is 79.6 Å². The summed E-state index contributed by atoms with van der Waals surface area (Å²) in [5.41, 5.74) is 2.55. The number of carbonyl (C=O) groups excluding carboxylic acids is 2. The first-order valence-corrected chi connectivity index (χ1v) is 9.98. The highest BCUT2D eigenvalue weighted by atomic mass is 79.9. The Bertz CT molecular complexity index is 1020. The van der Waals surface area contributed by atoms with Gasteiger partial charge in [-0.1, -0.05) is 15.9 Å². The summed E-state index contributed by atoms with van der Waals surface area (Å²) in [5.74, 6) is -0.169. The summed E-state index contributed by atoms with van der Waals surface area (Å²) in [6.45, 7) is 2.90. The molecule has 3 heterocycles. The molecule has 8 heteroatoms. The number of amides is 2. The average Bonchev–Trinajstić information content (AvgIpc) is 3.05. The number of hydrogen-bond acceptors (Lipinski definition) is 4. The largest absolute Gasteiger partial charge is 0.338 e. The number of nitrogens with one attached hydrogen (secondary N) is 1. The third-order valence-electron chi connectivity index (χ3n) is 5.05. The number of aryl methyl sites for hydroxylation is 1. The smallest absolute Gasteiger partial charge is 0.259 e. The zero-order valence-electron chi connectivity index (χ0n) is 15.4. The first kappa shape index (κ1) is 18.6. The summed E-state index contributed by atoms with van der Waals surface area (Å²) < 4.78 is 2.59. The molecule has 28 heavy (non-hydrogen) atoms. The number of aromatic nitrogens is 3. The lowest BCUT2D eigenvalue weighted by atomic mass is 9.95. The molecule has 0 atom stereocenters. The van der Waals surface area contributed by atoms with Gasteiger partial charge in [0.05, 0.1) is 5.69 Å². The second-order valence-electron chi connectivity index (χ2n) is 6.91. The molecule has 0 spiro atoms. The first-order chi connectivity index (χ1) is 13.5. The van der Waals surface area contributed by atoms with Crippen molar-refractivity contribution in [2.24, 2.45) is 5.92 Å². The second-order valence-corrected chi connectivity index (χ2v) is 7.83. The van der Waals surface area contributed by atoms with E-state index in [2.05, 4.69) is 31.3 Å². The summed E-state index contributed by atoms with van der Waals surface area (Å²) in [4.78, 5) is 31.7. The van der Waals surface area contributed by atoms with Crippen molar-refractivity contribution in [1.29, 1.82) is 0 Å². The lowest BCUT2D eigenvalue weighted by Crippen LogP contribution is -2.41. The molecular weight excluding hydrogens is 422 g/mol. The van der Waals surface area contributed by atoms with Crippen molar-refractivity contribution in [3.63, 3.8) is 0 Å². The Balaban J connectivity index is 1.40. The minimum atomic E-state index is -0.101. The monoisotopic (exact) mass is 441 g/mol. The van der Waals surface area contributed by atoms with Gasteiger partial charge in [0.25, 0.3) is 5.91 Å². The standard InChI is InChI=1S/C20H20BrN5O2/c1-13-17(18-22-9-2-10-26(18)24-13)20(28)25-11-7-14(8-12-25)19(27)23-16-5-3-15(21)4-6-16/h2-6,9-10,14H,7-8,11-12H2,1H3,(H,23,27). The highest BCUT2D eigenvalue weighted by molar-refractivity contribution is 9.10.